The Morgan fingerprint density at radius 2 is 1.71 bits per heavy atom. The molecule has 5 rings (SSSR count). The van der Waals surface area contributed by atoms with Crippen LogP contribution >= 0.6 is 0 Å². The van der Waals surface area contributed by atoms with Crippen molar-refractivity contribution in [3.8, 4) is 39.4 Å². The summed E-state index contributed by atoms with van der Waals surface area (Å²) < 4.78 is 27.6. The summed E-state index contributed by atoms with van der Waals surface area (Å²) in [6.45, 7) is 7.79. The van der Waals surface area contributed by atoms with E-state index in [0.717, 1.165) is 17.7 Å². The van der Waals surface area contributed by atoms with Gasteiger partial charge in [0.05, 0.1) is 23.9 Å². The number of halogens is 1. The first kappa shape index (κ1) is 31.8. The van der Waals surface area contributed by atoms with Crippen LogP contribution in [0.15, 0.2) is 80.8 Å². The van der Waals surface area contributed by atoms with Gasteiger partial charge in [-0.1, -0.05) is 60.6 Å². The van der Waals surface area contributed by atoms with Crippen LogP contribution in [0.25, 0.3) is 33.6 Å². The number of hydrogen-bond donors (Lipinski definition) is 1. The summed E-state index contributed by atoms with van der Waals surface area (Å²) in [6, 6.07) is 19.5. The number of aromatic amines is 1. The van der Waals surface area contributed by atoms with Gasteiger partial charge in [0, 0.05) is 17.5 Å². The van der Waals surface area contributed by atoms with Gasteiger partial charge in [-0.05, 0) is 62.1 Å². The maximum absolute atomic E-state index is 15.6. The Bertz CT molecular complexity index is 1820. The van der Waals surface area contributed by atoms with Gasteiger partial charge in [-0.2, -0.15) is 0 Å². The van der Waals surface area contributed by atoms with E-state index in [1.165, 1.54) is 6.07 Å². The van der Waals surface area contributed by atoms with Gasteiger partial charge < -0.3 is 6.16 Å². The third kappa shape index (κ3) is 6.90. The van der Waals surface area contributed by atoms with Crippen LogP contribution in [0.3, 0.4) is 0 Å². The van der Waals surface area contributed by atoms with E-state index in [2.05, 4.69) is 14.7 Å². The number of rotatable bonds is 9. The van der Waals surface area contributed by atoms with E-state index < -0.39 is 11.6 Å². The maximum atomic E-state index is 15.6. The molecule has 0 radical (unpaired) electrons. The van der Waals surface area contributed by atoms with Crippen LogP contribution in [0.1, 0.15) is 45.7 Å². The van der Waals surface area contributed by atoms with Crippen molar-refractivity contribution in [2.75, 3.05) is 0 Å². The van der Waals surface area contributed by atoms with E-state index in [4.69, 9.17) is 9.72 Å². The Labute approximate surface area is 286 Å². The Kier molecular flexibility index (Phi) is 10.5. The van der Waals surface area contributed by atoms with Gasteiger partial charge in [-0.3, -0.25) is 18.9 Å². The zero-order valence-corrected chi connectivity index (χ0v) is 27.5. The molecule has 2 aromatic heterocycles. The molecule has 0 aliphatic heterocycles. The minimum absolute atomic E-state index is 0. The zero-order chi connectivity index (χ0) is 29.1. The minimum Gasteiger partial charge on any atom is -1.00 e. The monoisotopic (exact) mass is 594 g/mol. The molecule has 0 amide bonds. The Hall–Kier alpha value is -3.15. The Morgan fingerprint density at radius 3 is 2.33 bits per heavy atom. The molecule has 0 saturated heterocycles. The van der Waals surface area contributed by atoms with Gasteiger partial charge in [-0.15, -0.1) is 0 Å². The van der Waals surface area contributed by atoms with Gasteiger partial charge in [0.15, 0.2) is 5.82 Å². The molecule has 0 aliphatic carbocycles. The molecule has 1 N–H and O–H groups in total. The third-order valence-corrected chi connectivity index (χ3v) is 6.73. The summed E-state index contributed by atoms with van der Waals surface area (Å²) >= 11 is 0. The van der Waals surface area contributed by atoms with Crippen LogP contribution in [-0.2, 0) is 13.0 Å². The average molecular weight is 595 g/mol. The van der Waals surface area contributed by atoms with Crippen molar-refractivity contribution in [2.45, 2.75) is 53.2 Å². The summed E-state index contributed by atoms with van der Waals surface area (Å²) in [6.07, 6.45) is 1.41. The molecule has 3 aromatic carbocycles. The molecule has 10 heteroatoms. The van der Waals surface area contributed by atoms with Crippen molar-refractivity contribution >= 4 is 0 Å². The molecule has 0 unspecified atom stereocenters. The normalized spacial score (nSPS) is 11.0. The van der Waals surface area contributed by atoms with Gasteiger partial charge in [-0.25, -0.2) is 14.2 Å². The summed E-state index contributed by atoms with van der Waals surface area (Å²) in [5.74, 6) is 0.458. The average Bonchev–Trinajstić information content (AvgIpc) is 3.38. The first-order chi connectivity index (χ1) is 19.7. The van der Waals surface area contributed by atoms with Gasteiger partial charge in [0.25, 0.3) is 5.56 Å². The second-order valence-electron chi connectivity index (χ2n) is 10.1. The van der Waals surface area contributed by atoms with E-state index >= 15 is 4.39 Å². The van der Waals surface area contributed by atoms with E-state index in [1.54, 1.807) is 28.8 Å². The molecule has 8 nitrogen and oxygen atoms in total. The molecule has 0 fully saturated rings. The molecule has 42 heavy (non-hydrogen) atoms. The SMILES string of the molecule is CCCc1nc(C)c(-c2ccc(OC(C)C)cc2)c(=O)n1Cc1ccc(-c2ccccc2-c2noc(=O)[nH]2)cc1F.[H-].[K+]. The third-order valence-electron chi connectivity index (χ3n) is 6.73. The van der Waals surface area contributed by atoms with Crippen LogP contribution in [0, 0.1) is 12.7 Å². The standard InChI is InChI=1S/C32H31FN4O4.K.H/c1-5-8-28-34-20(4)29(21-13-15-24(16-14-21)40-19(2)3)31(38)37(28)18-23-12-11-22(17-27(23)33)25-9-6-7-10-26(25)30-35-32(39)41-36-30;;/h6-7,9-17,19H,5,8,18H2,1-4H3,(H,35,36,39);;/q;+1;-1. The summed E-state index contributed by atoms with van der Waals surface area (Å²) in [5, 5.41) is 3.77. The first-order valence-corrected chi connectivity index (χ1v) is 13.6. The van der Waals surface area contributed by atoms with E-state index in [9.17, 15) is 9.59 Å². The molecule has 0 saturated carbocycles. The number of benzene rings is 3. The predicted molar refractivity (Wildman–Crippen MR) is 157 cm³/mol. The first-order valence-electron chi connectivity index (χ1n) is 13.6. The van der Waals surface area contributed by atoms with Crippen LogP contribution in [0.4, 0.5) is 4.39 Å². The van der Waals surface area contributed by atoms with Gasteiger partial charge in [0.1, 0.15) is 17.4 Å². The largest absolute Gasteiger partial charge is 1.00 e. The number of nitrogens with zero attached hydrogens (tertiary/aromatic N) is 3. The van der Waals surface area contributed by atoms with Crippen LogP contribution in [0.2, 0.25) is 0 Å². The van der Waals surface area contributed by atoms with Crippen LogP contribution in [-0.4, -0.2) is 25.8 Å². The zero-order valence-electron chi connectivity index (χ0n) is 25.4. The van der Waals surface area contributed by atoms with Gasteiger partial charge >= 0.3 is 57.1 Å². The van der Waals surface area contributed by atoms with E-state index in [0.29, 0.717) is 45.8 Å². The topological polar surface area (TPSA) is 103 Å². The smallest absolute Gasteiger partial charge is 1.00 e. The molecule has 0 spiro atoms. The van der Waals surface area contributed by atoms with Crippen molar-refractivity contribution in [3.05, 3.63) is 111 Å². The molecule has 0 bridgehead atoms. The second kappa shape index (κ2) is 13.9. The van der Waals surface area contributed by atoms with Crippen molar-refractivity contribution in [2.24, 2.45) is 0 Å². The fraction of sp³-hybridized carbons (Fsp3) is 0.250. The number of aromatic nitrogens is 4. The molecular weight excluding hydrogens is 562 g/mol. The Morgan fingerprint density at radius 1 is 1.02 bits per heavy atom. The molecular formula is C32H32FKN4O4. The minimum atomic E-state index is -0.671. The van der Waals surface area contributed by atoms with Crippen molar-refractivity contribution in [3.63, 3.8) is 0 Å². The molecule has 5 aromatic rings. The maximum Gasteiger partial charge on any atom is 1.00 e. The summed E-state index contributed by atoms with van der Waals surface area (Å²) in [5.41, 5.74) is 3.85. The quantitative estimate of drug-likeness (QED) is 0.263. The summed E-state index contributed by atoms with van der Waals surface area (Å²) in [4.78, 5) is 32.7. The number of ether oxygens (including phenoxy) is 1. The summed E-state index contributed by atoms with van der Waals surface area (Å²) in [7, 11) is 0. The Balaban J connectivity index is 0.00000253. The second-order valence-corrected chi connectivity index (χ2v) is 10.1. The van der Waals surface area contributed by atoms with E-state index in [1.807, 2.05) is 64.1 Å². The molecule has 2 heterocycles. The van der Waals surface area contributed by atoms with Crippen molar-refractivity contribution < 1.29 is 66.5 Å². The van der Waals surface area contributed by atoms with Crippen LogP contribution in [0.5, 0.6) is 5.75 Å². The van der Waals surface area contributed by atoms with Crippen LogP contribution < -0.4 is 67.4 Å². The predicted octanol–water partition coefficient (Wildman–Crippen LogP) is 3.27. The molecule has 0 atom stereocenters. The number of H-pyrrole nitrogens is 1. The number of hydrogen-bond acceptors (Lipinski definition) is 6. The number of aryl methyl sites for hydroxylation is 2. The molecule has 212 valence electrons. The molecule has 0 aliphatic rings. The van der Waals surface area contributed by atoms with Gasteiger partial charge in [0.2, 0.25) is 0 Å². The van der Waals surface area contributed by atoms with E-state index in [-0.39, 0.29) is 76.8 Å². The fourth-order valence-electron chi connectivity index (χ4n) is 4.90. The fourth-order valence-corrected chi connectivity index (χ4v) is 4.90. The van der Waals surface area contributed by atoms with Crippen molar-refractivity contribution in [1.82, 2.24) is 19.7 Å². The number of nitrogens with one attached hydrogen (secondary N) is 1. The van der Waals surface area contributed by atoms with Crippen molar-refractivity contribution in [1.29, 1.82) is 0 Å².